The van der Waals surface area contributed by atoms with Gasteiger partial charge in [0.2, 0.25) is 7.42 Å². The third-order valence-electron chi connectivity index (χ3n) is 0.888. The first kappa shape index (κ1) is 9.34. The highest BCUT2D eigenvalue weighted by molar-refractivity contribution is 7.33. The molecule has 0 saturated carbocycles. The van der Waals surface area contributed by atoms with E-state index in [1.54, 1.807) is 6.20 Å². The Balaban J connectivity index is 2.82. The molecular weight excluding hydrogens is 173 g/mol. The van der Waals surface area contributed by atoms with Crippen molar-refractivity contribution in [2.24, 2.45) is 0 Å². The molecule has 0 heterocycles. The van der Waals surface area contributed by atoms with Gasteiger partial charge >= 0.3 is 0 Å². The fourth-order valence-electron chi connectivity index (χ4n) is 0.460. The molecular formula is C5H11Cl2NSi. The van der Waals surface area contributed by atoms with Gasteiger partial charge in [-0.15, -0.1) is 0 Å². The Morgan fingerprint density at radius 3 is 2.67 bits per heavy atom. The van der Waals surface area contributed by atoms with Gasteiger partial charge in [0.15, 0.2) is 0 Å². The molecule has 54 valence electrons. The average Bonchev–Trinajstić information content (AvgIpc) is 1.80. The summed E-state index contributed by atoms with van der Waals surface area (Å²) in [5.74, 6) is 0. The van der Waals surface area contributed by atoms with Gasteiger partial charge in [0.05, 0.1) is 0 Å². The molecule has 0 spiro atoms. The number of nitrogens with one attached hydrogen (secondary N) is 1. The molecule has 0 amide bonds. The number of rotatable bonds is 5. The fourth-order valence-corrected chi connectivity index (χ4v) is 1.90. The van der Waals surface area contributed by atoms with Crippen LogP contribution in [0.25, 0.3) is 0 Å². The third kappa shape index (κ3) is 8.34. The zero-order valence-electron chi connectivity index (χ0n) is 5.24. The van der Waals surface area contributed by atoms with E-state index in [1.165, 1.54) is 0 Å². The van der Waals surface area contributed by atoms with Crippen LogP contribution in [-0.2, 0) is 0 Å². The molecule has 9 heavy (non-hydrogen) atoms. The SMILES string of the molecule is C=CNCCC[SiH](Cl)Cl. The second-order valence-electron chi connectivity index (χ2n) is 1.69. The van der Waals surface area contributed by atoms with E-state index in [-0.39, 0.29) is 0 Å². The van der Waals surface area contributed by atoms with E-state index in [4.69, 9.17) is 22.2 Å². The highest BCUT2D eigenvalue weighted by atomic mass is 35.7. The van der Waals surface area contributed by atoms with Gasteiger partial charge in [-0.3, -0.25) is 0 Å². The summed E-state index contributed by atoms with van der Waals surface area (Å²) >= 11 is 11.2. The Bertz CT molecular complexity index is 77.4. The van der Waals surface area contributed by atoms with Crippen LogP contribution in [0.3, 0.4) is 0 Å². The number of hydrogen-bond acceptors (Lipinski definition) is 1. The van der Waals surface area contributed by atoms with Crippen molar-refractivity contribution in [2.45, 2.75) is 12.5 Å². The van der Waals surface area contributed by atoms with Crippen LogP contribution in [0.5, 0.6) is 0 Å². The van der Waals surface area contributed by atoms with E-state index in [2.05, 4.69) is 11.9 Å². The van der Waals surface area contributed by atoms with Gasteiger partial charge in [0.1, 0.15) is 0 Å². The maximum atomic E-state index is 5.61. The van der Waals surface area contributed by atoms with Crippen LogP contribution >= 0.6 is 22.2 Å². The number of hydrogen-bond donors (Lipinski definition) is 1. The van der Waals surface area contributed by atoms with Crippen molar-refractivity contribution < 1.29 is 0 Å². The van der Waals surface area contributed by atoms with Crippen molar-refractivity contribution in [3.8, 4) is 0 Å². The Labute approximate surface area is 67.1 Å². The normalized spacial score (nSPS) is 9.67. The Kier molecular flexibility index (Phi) is 6.70. The molecule has 0 aromatic heterocycles. The van der Waals surface area contributed by atoms with Gasteiger partial charge in [0, 0.05) is 6.54 Å². The largest absolute Gasteiger partial charge is 0.391 e. The standard InChI is InChI=1S/C5H11Cl2NSi/c1-2-8-4-3-5-9(6)7/h2,8-9H,1,3-5H2. The minimum Gasteiger partial charge on any atom is -0.391 e. The van der Waals surface area contributed by atoms with E-state index >= 15 is 0 Å². The Hall–Kier alpha value is 0.337. The van der Waals surface area contributed by atoms with Gasteiger partial charge < -0.3 is 5.32 Å². The molecule has 1 nitrogen and oxygen atoms in total. The molecule has 0 bridgehead atoms. The smallest absolute Gasteiger partial charge is 0.237 e. The predicted octanol–water partition coefficient (Wildman–Crippen LogP) is 1.81. The lowest BCUT2D eigenvalue weighted by molar-refractivity contribution is 0.808. The molecule has 0 saturated heterocycles. The summed E-state index contributed by atoms with van der Waals surface area (Å²) in [7, 11) is -1.34. The fraction of sp³-hybridized carbons (Fsp3) is 0.600. The van der Waals surface area contributed by atoms with Gasteiger partial charge in [-0.05, 0) is 18.7 Å². The van der Waals surface area contributed by atoms with Crippen LogP contribution < -0.4 is 5.32 Å². The zero-order chi connectivity index (χ0) is 7.11. The summed E-state index contributed by atoms with van der Waals surface area (Å²) in [6, 6.07) is 0.976. The summed E-state index contributed by atoms with van der Waals surface area (Å²) in [5, 5.41) is 2.97. The first-order valence-corrected chi connectivity index (χ1v) is 7.20. The first-order valence-electron chi connectivity index (χ1n) is 2.90. The zero-order valence-corrected chi connectivity index (χ0v) is 7.91. The topological polar surface area (TPSA) is 12.0 Å². The quantitative estimate of drug-likeness (QED) is 0.390. The van der Waals surface area contributed by atoms with Crippen molar-refractivity contribution in [2.75, 3.05) is 6.54 Å². The molecule has 0 aliphatic heterocycles. The molecule has 0 aliphatic carbocycles. The van der Waals surface area contributed by atoms with Gasteiger partial charge in [-0.1, -0.05) is 6.58 Å². The van der Waals surface area contributed by atoms with Crippen molar-refractivity contribution in [1.29, 1.82) is 0 Å². The van der Waals surface area contributed by atoms with E-state index in [9.17, 15) is 0 Å². The maximum absolute atomic E-state index is 5.61. The van der Waals surface area contributed by atoms with Crippen molar-refractivity contribution >= 4 is 29.6 Å². The lowest BCUT2D eigenvalue weighted by atomic mass is 10.5. The predicted molar refractivity (Wildman–Crippen MR) is 46.5 cm³/mol. The first-order chi connectivity index (χ1) is 4.27. The lowest BCUT2D eigenvalue weighted by Crippen LogP contribution is -2.07. The monoisotopic (exact) mass is 183 g/mol. The summed E-state index contributed by atoms with van der Waals surface area (Å²) in [6.07, 6.45) is 2.73. The summed E-state index contributed by atoms with van der Waals surface area (Å²) in [5.41, 5.74) is 0. The average molecular weight is 184 g/mol. The maximum Gasteiger partial charge on any atom is 0.237 e. The molecule has 0 aromatic rings. The third-order valence-corrected chi connectivity index (χ3v) is 3.04. The second-order valence-corrected chi connectivity index (χ2v) is 6.88. The van der Waals surface area contributed by atoms with Crippen LogP contribution in [0.2, 0.25) is 6.04 Å². The summed E-state index contributed by atoms with van der Waals surface area (Å²) < 4.78 is 0. The van der Waals surface area contributed by atoms with Crippen molar-refractivity contribution in [3.63, 3.8) is 0 Å². The van der Waals surface area contributed by atoms with E-state index in [0.717, 1.165) is 19.0 Å². The summed E-state index contributed by atoms with van der Waals surface area (Å²) in [4.78, 5) is 0. The van der Waals surface area contributed by atoms with Crippen LogP contribution in [0, 0.1) is 0 Å². The van der Waals surface area contributed by atoms with Gasteiger partial charge in [-0.25, -0.2) is 0 Å². The van der Waals surface area contributed by atoms with E-state index in [1.807, 2.05) is 0 Å². The second kappa shape index (κ2) is 6.46. The molecule has 0 fully saturated rings. The minimum atomic E-state index is -1.34. The summed E-state index contributed by atoms with van der Waals surface area (Å²) in [6.45, 7) is 4.45. The van der Waals surface area contributed by atoms with Crippen molar-refractivity contribution in [3.05, 3.63) is 12.8 Å². The Morgan fingerprint density at radius 1 is 1.56 bits per heavy atom. The van der Waals surface area contributed by atoms with Gasteiger partial charge in [0.25, 0.3) is 0 Å². The van der Waals surface area contributed by atoms with Gasteiger partial charge in [-0.2, -0.15) is 22.2 Å². The van der Waals surface area contributed by atoms with E-state index < -0.39 is 7.42 Å². The molecule has 0 aliphatic rings. The molecule has 0 radical (unpaired) electrons. The molecule has 0 unspecified atom stereocenters. The highest BCUT2D eigenvalue weighted by Gasteiger charge is 1.98. The lowest BCUT2D eigenvalue weighted by Gasteiger charge is -1.98. The molecule has 4 heteroatoms. The Morgan fingerprint density at radius 2 is 2.22 bits per heavy atom. The van der Waals surface area contributed by atoms with E-state index in [0.29, 0.717) is 0 Å². The molecule has 0 aromatic carbocycles. The van der Waals surface area contributed by atoms with Crippen molar-refractivity contribution in [1.82, 2.24) is 5.32 Å². The molecule has 0 atom stereocenters. The van der Waals surface area contributed by atoms with Crippen LogP contribution in [-0.4, -0.2) is 14.0 Å². The van der Waals surface area contributed by atoms with Crippen LogP contribution in [0.15, 0.2) is 12.8 Å². The highest BCUT2D eigenvalue weighted by Crippen LogP contribution is 2.04. The van der Waals surface area contributed by atoms with Crippen LogP contribution in [0.4, 0.5) is 0 Å². The van der Waals surface area contributed by atoms with Crippen LogP contribution in [0.1, 0.15) is 6.42 Å². The molecule has 1 N–H and O–H groups in total. The molecule has 0 rings (SSSR count). The number of halogens is 2. The minimum absolute atomic E-state index is 0.937.